The number of benzene rings is 1. The van der Waals surface area contributed by atoms with Crippen LogP contribution in [0.3, 0.4) is 0 Å². The van der Waals surface area contributed by atoms with Crippen molar-refractivity contribution in [1.29, 1.82) is 0 Å². The van der Waals surface area contributed by atoms with Crippen molar-refractivity contribution in [2.45, 2.75) is 39.4 Å². The van der Waals surface area contributed by atoms with Crippen LogP contribution in [0.15, 0.2) is 30.5 Å². The number of amides is 1. The van der Waals surface area contributed by atoms with Gasteiger partial charge in [0.2, 0.25) is 0 Å². The molecule has 0 aliphatic rings. The molecule has 1 unspecified atom stereocenters. The number of esters is 1. The number of rotatable bonds is 6. The average molecular weight is 397 g/mol. The van der Waals surface area contributed by atoms with Crippen LogP contribution >= 0.6 is 0 Å². The van der Waals surface area contributed by atoms with Crippen LogP contribution in [0.1, 0.15) is 53.6 Å². The third kappa shape index (κ3) is 4.35. The average Bonchev–Trinajstić information content (AvgIpc) is 3.12. The Morgan fingerprint density at radius 1 is 1.21 bits per heavy atom. The van der Waals surface area contributed by atoms with Crippen molar-refractivity contribution in [3.05, 3.63) is 47.3 Å². The summed E-state index contributed by atoms with van der Waals surface area (Å²) in [5.41, 5.74) is -1.46. The standard InChI is InChI=1S/C19H22F3N3O3/c1-5-12(3)24(4)17(26)13-7-9-14(10-8-13)25-16(19(20,21)22)15(11-23-25)18(27)28-6-2/h7-12H,5-6H2,1-4H3. The lowest BCUT2D eigenvalue weighted by Crippen LogP contribution is -2.34. The monoisotopic (exact) mass is 397 g/mol. The summed E-state index contributed by atoms with van der Waals surface area (Å²) in [7, 11) is 1.67. The number of alkyl halides is 3. The van der Waals surface area contributed by atoms with Crippen molar-refractivity contribution >= 4 is 11.9 Å². The van der Waals surface area contributed by atoms with Gasteiger partial charge in [0.15, 0.2) is 5.69 Å². The Kier molecular flexibility index (Phi) is 6.48. The summed E-state index contributed by atoms with van der Waals surface area (Å²) in [6.45, 7) is 5.31. The van der Waals surface area contributed by atoms with Crippen molar-refractivity contribution < 1.29 is 27.5 Å². The number of aromatic nitrogens is 2. The third-order valence-corrected chi connectivity index (χ3v) is 4.46. The lowest BCUT2D eigenvalue weighted by Gasteiger charge is -2.24. The predicted molar refractivity (Wildman–Crippen MR) is 96.4 cm³/mol. The molecule has 0 saturated heterocycles. The minimum atomic E-state index is -4.82. The van der Waals surface area contributed by atoms with E-state index in [2.05, 4.69) is 9.84 Å². The van der Waals surface area contributed by atoms with E-state index in [1.54, 1.807) is 11.9 Å². The summed E-state index contributed by atoms with van der Waals surface area (Å²) in [4.78, 5) is 25.9. The van der Waals surface area contributed by atoms with Gasteiger partial charge in [-0.25, -0.2) is 9.48 Å². The van der Waals surface area contributed by atoms with Crippen LogP contribution in [-0.4, -0.2) is 46.3 Å². The number of carbonyl (C=O) groups is 2. The van der Waals surface area contributed by atoms with Crippen molar-refractivity contribution in [1.82, 2.24) is 14.7 Å². The van der Waals surface area contributed by atoms with Crippen LogP contribution in [-0.2, 0) is 10.9 Å². The number of halogens is 3. The zero-order valence-electron chi connectivity index (χ0n) is 16.1. The number of hydrogen-bond acceptors (Lipinski definition) is 4. The smallest absolute Gasteiger partial charge is 0.434 e. The molecule has 1 heterocycles. The Hall–Kier alpha value is -2.84. The van der Waals surface area contributed by atoms with E-state index in [4.69, 9.17) is 0 Å². The molecule has 0 radical (unpaired) electrons. The fraction of sp³-hybridized carbons (Fsp3) is 0.421. The second kappa shape index (κ2) is 8.45. The zero-order chi connectivity index (χ0) is 21.1. The molecule has 28 heavy (non-hydrogen) atoms. The highest BCUT2D eigenvalue weighted by atomic mass is 19.4. The van der Waals surface area contributed by atoms with Gasteiger partial charge in [0.25, 0.3) is 5.91 Å². The number of ether oxygens (including phenoxy) is 1. The van der Waals surface area contributed by atoms with Gasteiger partial charge in [-0.3, -0.25) is 4.79 Å². The lowest BCUT2D eigenvalue weighted by atomic mass is 10.1. The van der Waals surface area contributed by atoms with Gasteiger partial charge in [-0.2, -0.15) is 18.3 Å². The van der Waals surface area contributed by atoms with E-state index in [-0.39, 0.29) is 24.2 Å². The second-order valence-electron chi connectivity index (χ2n) is 6.26. The normalized spacial score (nSPS) is 12.5. The maximum Gasteiger partial charge on any atom is 0.434 e. The van der Waals surface area contributed by atoms with E-state index in [0.29, 0.717) is 10.2 Å². The Balaban J connectivity index is 2.41. The van der Waals surface area contributed by atoms with Crippen LogP contribution < -0.4 is 0 Å². The summed E-state index contributed by atoms with van der Waals surface area (Å²) < 4.78 is 45.9. The Morgan fingerprint density at radius 2 is 1.82 bits per heavy atom. The molecule has 2 rings (SSSR count). The maximum atomic E-state index is 13.5. The molecule has 6 nitrogen and oxygen atoms in total. The van der Waals surface area contributed by atoms with Gasteiger partial charge >= 0.3 is 12.1 Å². The van der Waals surface area contributed by atoms with Gasteiger partial charge < -0.3 is 9.64 Å². The number of nitrogens with zero attached hydrogens (tertiary/aromatic N) is 3. The Bertz CT molecular complexity index is 844. The molecule has 0 fully saturated rings. The molecule has 1 amide bonds. The van der Waals surface area contributed by atoms with Crippen LogP contribution in [0.5, 0.6) is 0 Å². The molecule has 0 saturated carbocycles. The summed E-state index contributed by atoms with van der Waals surface area (Å²) in [6, 6.07) is 5.61. The number of hydrogen-bond donors (Lipinski definition) is 0. The Labute approximate surface area is 160 Å². The summed E-state index contributed by atoms with van der Waals surface area (Å²) in [5, 5.41) is 3.71. The van der Waals surface area contributed by atoms with E-state index in [1.165, 1.54) is 31.2 Å². The molecular formula is C19H22F3N3O3. The van der Waals surface area contributed by atoms with Crippen molar-refractivity contribution in [3.63, 3.8) is 0 Å². The highest BCUT2D eigenvalue weighted by Crippen LogP contribution is 2.34. The highest BCUT2D eigenvalue weighted by molar-refractivity contribution is 5.94. The molecule has 1 aromatic carbocycles. The first-order valence-electron chi connectivity index (χ1n) is 8.81. The lowest BCUT2D eigenvalue weighted by molar-refractivity contribution is -0.143. The van der Waals surface area contributed by atoms with Gasteiger partial charge in [-0.15, -0.1) is 0 Å². The summed E-state index contributed by atoms with van der Waals surface area (Å²) in [6.07, 6.45) is -3.21. The molecule has 152 valence electrons. The molecule has 0 aliphatic heterocycles. The minimum absolute atomic E-state index is 0.0299. The third-order valence-electron chi connectivity index (χ3n) is 4.46. The highest BCUT2D eigenvalue weighted by Gasteiger charge is 2.41. The van der Waals surface area contributed by atoms with Crippen LogP contribution in [0.2, 0.25) is 0 Å². The first-order chi connectivity index (χ1) is 13.1. The van der Waals surface area contributed by atoms with Crippen molar-refractivity contribution in [3.8, 4) is 5.69 Å². The summed E-state index contributed by atoms with van der Waals surface area (Å²) >= 11 is 0. The van der Waals surface area contributed by atoms with Crippen LogP contribution in [0, 0.1) is 0 Å². The molecule has 1 aromatic heterocycles. The fourth-order valence-electron chi connectivity index (χ4n) is 2.60. The van der Waals surface area contributed by atoms with Crippen LogP contribution in [0.4, 0.5) is 13.2 Å². The summed E-state index contributed by atoms with van der Waals surface area (Å²) in [5.74, 6) is -1.33. The van der Waals surface area contributed by atoms with Gasteiger partial charge in [0.05, 0.1) is 18.5 Å². The van der Waals surface area contributed by atoms with E-state index in [9.17, 15) is 22.8 Å². The van der Waals surface area contributed by atoms with E-state index >= 15 is 0 Å². The molecule has 0 N–H and O–H groups in total. The molecule has 0 bridgehead atoms. The minimum Gasteiger partial charge on any atom is -0.462 e. The Morgan fingerprint density at radius 3 is 2.32 bits per heavy atom. The van der Waals surface area contributed by atoms with Gasteiger partial charge in [0.1, 0.15) is 5.56 Å². The topological polar surface area (TPSA) is 64.4 Å². The molecule has 9 heteroatoms. The fourth-order valence-corrected chi connectivity index (χ4v) is 2.60. The molecule has 0 aliphatic carbocycles. The first kappa shape index (κ1) is 21.5. The van der Waals surface area contributed by atoms with Crippen LogP contribution in [0.25, 0.3) is 5.69 Å². The van der Waals surface area contributed by atoms with E-state index in [1.807, 2.05) is 13.8 Å². The van der Waals surface area contributed by atoms with E-state index in [0.717, 1.165) is 12.6 Å². The SMILES string of the molecule is CCOC(=O)c1cnn(-c2ccc(C(=O)N(C)C(C)CC)cc2)c1C(F)(F)F. The van der Waals surface area contributed by atoms with Gasteiger partial charge in [0, 0.05) is 18.7 Å². The molecule has 2 aromatic rings. The van der Waals surface area contributed by atoms with Gasteiger partial charge in [-0.1, -0.05) is 6.92 Å². The predicted octanol–water partition coefficient (Wildman–Crippen LogP) is 3.94. The molecule has 1 atom stereocenters. The molecule has 0 spiro atoms. The number of carbonyl (C=O) groups excluding carboxylic acids is 2. The zero-order valence-corrected chi connectivity index (χ0v) is 16.1. The first-order valence-corrected chi connectivity index (χ1v) is 8.81. The quantitative estimate of drug-likeness (QED) is 0.693. The second-order valence-corrected chi connectivity index (χ2v) is 6.26. The largest absolute Gasteiger partial charge is 0.462 e. The van der Waals surface area contributed by atoms with Crippen molar-refractivity contribution in [2.75, 3.05) is 13.7 Å². The maximum absolute atomic E-state index is 13.5. The molecular weight excluding hydrogens is 375 g/mol. The van der Waals surface area contributed by atoms with Gasteiger partial charge in [-0.05, 0) is 44.5 Å². The van der Waals surface area contributed by atoms with E-state index < -0.39 is 23.4 Å². The van der Waals surface area contributed by atoms with Crippen molar-refractivity contribution in [2.24, 2.45) is 0 Å².